The molecule has 8 nitrogen and oxygen atoms in total. The maximum atomic E-state index is 13.6. The van der Waals surface area contributed by atoms with Gasteiger partial charge in [0.1, 0.15) is 5.75 Å². The van der Waals surface area contributed by atoms with Gasteiger partial charge in [0.2, 0.25) is 5.95 Å². The zero-order valence-electron chi connectivity index (χ0n) is 18.7. The Morgan fingerprint density at radius 2 is 1.82 bits per heavy atom. The van der Waals surface area contributed by atoms with Crippen LogP contribution < -0.4 is 20.9 Å². The minimum atomic E-state index is -0.424. The van der Waals surface area contributed by atoms with E-state index in [9.17, 15) is 9.59 Å². The largest absolute Gasteiger partial charge is 0.497 e. The van der Waals surface area contributed by atoms with Gasteiger partial charge in [0, 0.05) is 30.8 Å². The van der Waals surface area contributed by atoms with Crippen molar-refractivity contribution < 1.29 is 4.74 Å². The van der Waals surface area contributed by atoms with Gasteiger partial charge in [-0.2, -0.15) is 4.98 Å². The van der Waals surface area contributed by atoms with Crippen molar-refractivity contribution in [1.29, 1.82) is 0 Å². The lowest BCUT2D eigenvalue weighted by Gasteiger charge is -2.33. The molecule has 0 radical (unpaired) electrons. The third kappa shape index (κ3) is 3.51. The van der Waals surface area contributed by atoms with E-state index in [4.69, 9.17) is 21.3 Å². The van der Waals surface area contributed by atoms with Crippen molar-refractivity contribution in [3.63, 3.8) is 0 Å². The highest BCUT2D eigenvalue weighted by Crippen LogP contribution is 2.33. The van der Waals surface area contributed by atoms with E-state index in [1.54, 1.807) is 20.2 Å². The molecule has 9 heteroatoms. The molecule has 1 aliphatic rings. The summed E-state index contributed by atoms with van der Waals surface area (Å²) in [5.41, 5.74) is 1.67. The first-order valence-electron chi connectivity index (χ1n) is 10.7. The molecule has 3 heterocycles. The molecule has 0 spiro atoms. The molecule has 0 saturated heterocycles. The molecule has 0 amide bonds. The van der Waals surface area contributed by atoms with E-state index < -0.39 is 5.69 Å². The molecule has 0 fully saturated rings. The molecule has 0 bridgehead atoms. The van der Waals surface area contributed by atoms with Crippen LogP contribution in [0, 0.1) is 5.92 Å². The number of nitrogens with zero attached hydrogens (tertiary/aromatic N) is 5. The van der Waals surface area contributed by atoms with Gasteiger partial charge < -0.3 is 14.2 Å². The fourth-order valence-electron chi connectivity index (χ4n) is 4.42. The summed E-state index contributed by atoms with van der Waals surface area (Å²) < 4.78 is 9.88. The van der Waals surface area contributed by atoms with E-state index in [2.05, 4.69) is 11.8 Å². The average molecular weight is 466 g/mol. The molecule has 5 rings (SSSR count). The van der Waals surface area contributed by atoms with Crippen LogP contribution in [0.2, 0.25) is 5.02 Å². The second-order valence-electron chi connectivity index (χ2n) is 8.43. The SMILES string of the molecule is COc1ccc(N2C[C@H](C)Cn3c2nc2c3c(=O)n(Cc3ccccc3Cl)c(=O)n2C)cc1. The number of hydrogen-bond donors (Lipinski definition) is 0. The molecular formula is C24H24ClN5O3. The van der Waals surface area contributed by atoms with Gasteiger partial charge in [-0.05, 0) is 41.8 Å². The minimum Gasteiger partial charge on any atom is -0.497 e. The second kappa shape index (κ2) is 8.12. The number of benzene rings is 2. The number of hydrogen-bond acceptors (Lipinski definition) is 5. The van der Waals surface area contributed by atoms with Gasteiger partial charge in [0.05, 0.1) is 13.7 Å². The number of anilines is 2. The number of fused-ring (bicyclic) bond motifs is 3. The Morgan fingerprint density at radius 3 is 2.52 bits per heavy atom. The maximum Gasteiger partial charge on any atom is 0.332 e. The maximum absolute atomic E-state index is 13.6. The van der Waals surface area contributed by atoms with Crippen LogP contribution in [0.1, 0.15) is 12.5 Å². The van der Waals surface area contributed by atoms with Crippen molar-refractivity contribution in [2.45, 2.75) is 20.0 Å². The third-order valence-corrected chi connectivity index (χ3v) is 6.48. The topological polar surface area (TPSA) is 74.3 Å². The van der Waals surface area contributed by atoms with Crippen LogP contribution in [0.5, 0.6) is 5.75 Å². The van der Waals surface area contributed by atoms with Gasteiger partial charge in [-0.15, -0.1) is 0 Å². The molecule has 0 saturated carbocycles. The molecule has 2 aromatic heterocycles. The number of ether oxygens (including phenoxy) is 1. The minimum absolute atomic E-state index is 0.0966. The first kappa shape index (κ1) is 21.3. The van der Waals surface area contributed by atoms with Crippen LogP contribution >= 0.6 is 11.6 Å². The van der Waals surface area contributed by atoms with Crippen molar-refractivity contribution in [2.24, 2.45) is 13.0 Å². The van der Waals surface area contributed by atoms with Crippen molar-refractivity contribution in [3.05, 3.63) is 80.0 Å². The summed E-state index contributed by atoms with van der Waals surface area (Å²) >= 11 is 6.30. The molecular weight excluding hydrogens is 442 g/mol. The Labute approximate surface area is 195 Å². The number of halogens is 1. The molecule has 0 N–H and O–H groups in total. The standard InChI is InChI=1S/C24H24ClN5O3/c1-15-12-28(17-8-10-18(33-3)11-9-17)23-26-21-20(29(23)13-15)22(31)30(24(32)27(21)2)14-16-6-4-5-7-19(16)25/h4-11,15H,12-14H2,1-3H3/t15-/m0/s1. The first-order valence-corrected chi connectivity index (χ1v) is 11.1. The van der Waals surface area contributed by atoms with E-state index in [1.807, 2.05) is 47.0 Å². The van der Waals surface area contributed by atoms with E-state index in [0.29, 0.717) is 34.2 Å². The van der Waals surface area contributed by atoms with Gasteiger partial charge in [0.25, 0.3) is 5.56 Å². The zero-order valence-corrected chi connectivity index (χ0v) is 19.4. The lowest BCUT2D eigenvalue weighted by molar-refractivity contribution is 0.414. The van der Waals surface area contributed by atoms with Crippen molar-refractivity contribution in [2.75, 3.05) is 18.6 Å². The predicted molar refractivity (Wildman–Crippen MR) is 129 cm³/mol. The number of aromatic nitrogens is 4. The summed E-state index contributed by atoms with van der Waals surface area (Å²) in [6, 6.07) is 15.0. The van der Waals surface area contributed by atoms with Crippen LogP contribution in [0.25, 0.3) is 11.2 Å². The van der Waals surface area contributed by atoms with E-state index in [1.165, 1.54) is 9.13 Å². The Morgan fingerprint density at radius 1 is 1.09 bits per heavy atom. The number of imidazole rings is 1. The quantitative estimate of drug-likeness (QED) is 0.462. The van der Waals surface area contributed by atoms with Gasteiger partial charge in [-0.1, -0.05) is 36.7 Å². The molecule has 0 unspecified atom stereocenters. The summed E-state index contributed by atoms with van der Waals surface area (Å²) in [6.45, 7) is 3.62. The van der Waals surface area contributed by atoms with Crippen LogP contribution in [0.4, 0.5) is 11.6 Å². The van der Waals surface area contributed by atoms with Crippen LogP contribution in [0.15, 0.2) is 58.1 Å². The Kier molecular flexibility index (Phi) is 5.25. The monoisotopic (exact) mass is 465 g/mol. The second-order valence-corrected chi connectivity index (χ2v) is 8.84. The molecule has 33 heavy (non-hydrogen) atoms. The van der Waals surface area contributed by atoms with E-state index >= 15 is 0 Å². The van der Waals surface area contributed by atoms with Crippen molar-refractivity contribution >= 4 is 34.4 Å². The highest BCUT2D eigenvalue weighted by Gasteiger charge is 2.30. The van der Waals surface area contributed by atoms with Gasteiger partial charge in [-0.25, -0.2) is 4.79 Å². The van der Waals surface area contributed by atoms with Gasteiger partial charge in [0.15, 0.2) is 11.2 Å². The molecule has 0 aliphatic carbocycles. The normalized spacial score (nSPS) is 15.6. The van der Waals surface area contributed by atoms with E-state index in [-0.39, 0.29) is 18.0 Å². The van der Waals surface area contributed by atoms with Crippen molar-refractivity contribution in [1.82, 2.24) is 18.7 Å². The number of methoxy groups -OCH3 is 1. The van der Waals surface area contributed by atoms with Gasteiger partial charge in [-0.3, -0.25) is 13.9 Å². The van der Waals surface area contributed by atoms with Crippen LogP contribution in [-0.4, -0.2) is 32.3 Å². The highest BCUT2D eigenvalue weighted by atomic mass is 35.5. The smallest absolute Gasteiger partial charge is 0.332 e. The highest BCUT2D eigenvalue weighted by molar-refractivity contribution is 6.31. The fraction of sp³-hybridized carbons (Fsp3) is 0.292. The number of rotatable bonds is 4. The summed E-state index contributed by atoms with van der Waals surface area (Å²) in [5, 5.41) is 0.515. The molecule has 1 aliphatic heterocycles. The summed E-state index contributed by atoms with van der Waals surface area (Å²) in [6.07, 6.45) is 0. The summed E-state index contributed by atoms with van der Waals surface area (Å²) in [7, 11) is 3.28. The van der Waals surface area contributed by atoms with E-state index in [0.717, 1.165) is 18.0 Å². The lowest BCUT2D eigenvalue weighted by atomic mass is 10.1. The van der Waals surface area contributed by atoms with Crippen molar-refractivity contribution in [3.8, 4) is 5.75 Å². The zero-order chi connectivity index (χ0) is 23.3. The van der Waals surface area contributed by atoms with Crippen LogP contribution in [0.3, 0.4) is 0 Å². The predicted octanol–water partition coefficient (Wildman–Crippen LogP) is 3.39. The first-order chi connectivity index (χ1) is 15.9. The molecule has 1 atom stereocenters. The molecule has 170 valence electrons. The Balaban J connectivity index is 1.70. The third-order valence-electron chi connectivity index (χ3n) is 6.11. The Bertz CT molecular complexity index is 1470. The fourth-order valence-corrected chi connectivity index (χ4v) is 4.62. The molecule has 4 aromatic rings. The van der Waals surface area contributed by atoms with Gasteiger partial charge >= 0.3 is 5.69 Å². The molecule has 2 aromatic carbocycles. The van der Waals surface area contributed by atoms with Crippen LogP contribution in [-0.2, 0) is 20.1 Å². The Hall–Kier alpha value is -3.52. The summed E-state index contributed by atoms with van der Waals surface area (Å²) in [4.78, 5) is 33.6. The average Bonchev–Trinajstić information content (AvgIpc) is 3.20. The number of aryl methyl sites for hydroxylation is 1. The summed E-state index contributed by atoms with van der Waals surface area (Å²) in [5.74, 6) is 1.68. The lowest BCUT2D eigenvalue weighted by Crippen LogP contribution is -2.40.